The number of para-hydroxylation sites is 2. The van der Waals surface area contributed by atoms with E-state index in [1.807, 2.05) is 6.07 Å². The molecule has 0 N–H and O–H groups in total. The average Bonchev–Trinajstić information content (AvgIpc) is 3.70. The van der Waals surface area contributed by atoms with E-state index in [-0.39, 0.29) is 0 Å². The van der Waals surface area contributed by atoms with Gasteiger partial charge in [-0.2, -0.15) is 0 Å². The van der Waals surface area contributed by atoms with Gasteiger partial charge in [0.1, 0.15) is 5.52 Å². The van der Waals surface area contributed by atoms with Crippen LogP contribution in [0, 0.1) is 0 Å². The van der Waals surface area contributed by atoms with Crippen molar-refractivity contribution in [3.63, 3.8) is 0 Å². The molecule has 10 rings (SSSR count). The monoisotopic (exact) mass is 690 g/mol. The van der Waals surface area contributed by atoms with Gasteiger partial charge in [0.05, 0.1) is 5.69 Å². The summed E-state index contributed by atoms with van der Waals surface area (Å²) in [7, 11) is 0. The van der Waals surface area contributed by atoms with Gasteiger partial charge in [-0.15, -0.1) is 0 Å². The third kappa shape index (κ3) is 5.60. The number of benzene rings is 9. The fourth-order valence-corrected chi connectivity index (χ4v) is 7.73. The van der Waals surface area contributed by atoms with Crippen LogP contribution in [0.15, 0.2) is 211 Å². The van der Waals surface area contributed by atoms with Crippen LogP contribution in [0.4, 0.5) is 17.1 Å². The minimum atomic E-state index is 0.617. The van der Waals surface area contributed by atoms with E-state index in [0.717, 1.165) is 61.0 Å². The summed E-state index contributed by atoms with van der Waals surface area (Å²) in [5.74, 6) is 0.617. The molecule has 0 saturated carbocycles. The molecule has 0 radical (unpaired) electrons. The maximum absolute atomic E-state index is 6.48. The van der Waals surface area contributed by atoms with Gasteiger partial charge in [0.25, 0.3) is 0 Å². The van der Waals surface area contributed by atoms with Crippen LogP contribution in [0.2, 0.25) is 0 Å². The zero-order valence-corrected chi connectivity index (χ0v) is 29.4. The molecule has 9 aromatic carbocycles. The molecule has 0 atom stereocenters. The zero-order chi connectivity index (χ0) is 35.8. The van der Waals surface area contributed by atoms with E-state index in [1.165, 1.54) is 27.6 Å². The second kappa shape index (κ2) is 13.4. The lowest BCUT2D eigenvalue weighted by Gasteiger charge is -2.28. The number of rotatable bonds is 7. The Kier molecular flexibility index (Phi) is 7.81. The van der Waals surface area contributed by atoms with Crippen LogP contribution >= 0.6 is 0 Å². The van der Waals surface area contributed by atoms with Crippen LogP contribution in [-0.4, -0.2) is 4.98 Å². The largest absolute Gasteiger partial charge is 0.436 e. The van der Waals surface area contributed by atoms with Crippen molar-refractivity contribution in [2.24, 2.45) is 0 Å². The molecule has 254 valence electrons. The van der Waals surface area contributed by atoms with Gasteiger partial charge in [-0.3, -0.25) is 0 Å². The molecule has 1 aromatic heterocycles. The molecule has 54 heavy (non-hydrogen) atoms. The second-order valence-electron chi connectivity index (χ2n) is 13.5. The van der Waals surface area contributed by atoms with E-state index in [4.69, 9.17) is 9.40 Å². The lowest BCUT2D eigenvalue weighted by Crippen LogP contribution is -2.11. The van der Waals surface area contributed by atoms with E-state index in [2.05, 4.69) is 205 Å². The SMILES string of the molecule is c1ccc(-c2ccccc2-c2ccc(N(c3ccccc3)c3ccccc3-c3cccc4ccc5oc(-c6ccc7ccccc7c6)nc5c34)cc2)cc1. The predicted octanol–water partition coefficient (Wildman–Crippen LogP) is 14.3. The number of hydrogen-bond acceptors (Lipinski definition) is 3. The molecule has 0 saturated heterocycles. The molecular weight excluding hydrogens is 657 g/mol. The minimum Gasteiger partial charge on any atom is -0.436 e. The van der Waals surface area contributed by atoms with Crippen molar-refractivity contribution in [1.82, 2.24) is 4.98 Å². The van der Waals surface area contributed by atoms with E-state index in [9.17, 15) is 0 Å². The van der Waals surface area contributed by atoms with Gasteiger partial charge in [0.2, 0.25) is 5.89 Å². The Morgan fingerprint density at radius 2 is 0.926 bits per heavy atom. The third-order valence-electron chi connectivity index (χ3n) is 10.3. The van der Waals surface area contributed by atoms with Gasteiger partial charge < -0.3 is 9.32 Å². The molecule has 0 unspecified atom stereocenters. The van der Waals surface area contributed by atoms with Gasteiger partial charge >= 0.3 is 0 Å². The lowest BCUT2D eigenvalue weighted by atomic mass is 9.94. The van der Waals surface area contributed by atoms with Gasteiger partial charge in [0.15, 0.2) is 5.58 Å². The van der Waals surface area contributed by atoms with Crippen LogP contribution < -0.4 is 4.90 Å². The molecule has 3 heteroatoms. The number of aromatic nitrogens is 1. The second-order valence-corrected chi connectivity index (χ2v) is 13.5. The fourth-order valence-electron chi connectivity index (χ4n) is 7.73. The summed E-state index contributed by atoms with van der Waals surface area (Å²) in [6.45, 7) is 0. The lowest BCUT2D eigenvalue weighted by molar-refractivity contribution is 0.620. The van der Waals surface area contributed by atoms with E-state index < -0.39 is 0 Å². The van der Waals surface area contributed by atoms with E-state index in [0.29, 0.717) is 5.89 Å². The number of nitrogens with zero attached hydrogens (tertiary/aromatic N) is 2. The molecule has 0 aliphatic heterocycles. The molecule has 0 fully saturated rings. The number of fused-ring (bicyclic) bond motifs is 4. The maximum atomic E-state index is 6.48. The Balaban J connectivity index is 1.11. The normalized spacial score (nSPS) is 11.3. The Hall–Kier alpha value is -7.23. The molecule has 0 aliphatic carbocycles. The van der Waals surface area contributed by atoms with Crippen LogP contribution in [0.25, 0.3) is 77.5 Å². The van der Waals surface area contributed by atoms with Crippen molar-refractivity contribution in [3.8, 4) is 44.8 Å². The molecule has 1 heterocycles. The Bertz CT molecular complexity index is 2930. The zero-order valence-electron chi connectivity index (χ0n) is 29.4. The first-order valence-corrected chi connectivity index (χ1v) is 18.3. The summed E-state index contributed by atoms with van der Waals surface area (Å²) in [4.78, 5) is 7.53. The van der Waals surface area contributed by atoms with Gasteiger partial charge in [0, 0.05) is 27.9 Å². The number of anilines is 3. The summed E-state index contributed by atoms with van der Waals surface area (Å²) in [5.41, 5.74) is 12.8. The van der Waals surface area contributed by atoms with Crippen LogP contribution in [-0.2, 0) is 0 Å². The molecule has 0 amide bonds. The van der Waals surface area contributed by atoms with Gasteiger partial charge in [-0.1, -0.05) is 158 Å². The average molecular weight is 691 g/mol. The van der Waals surface area contributed by atoms with Crippen LogP contribution in [0.3, 0.4) is 0 Å². The number of oxazole rings is 1. The van der Waals surface area contributed by atoms with Crippen molar-refractivity contribution < 1.29 is 4.42 Å². The smallest absolute Gasteiger partial charge is 0.227 e. The summed E-state index contributed by atoms with van der Waals surface area (Å²) < 4.78 is 6.48. The first-order chi connectivity index (χ1) is 26.8. The van der Waals surface area contributed by atoms with Gasteiger partial charge in [-0.05, 0) is 92.5 Å². The first-order valence-electron chi connectivity index (χ1n) is 18.3. The fraction of sp³-hybridized carbons (Fsp3) is 0. The molecule has 10 aromatic rings. The Labute approximate surface area is 314 Å². The highest BCUT2D eigenvalue weighted by Crippen LogP contribution is 2.45. The van der Waals surface area contributed by atoms with Crippen LogP contribution in [0.5, 0.6) is 0 Å². The predicted molar refractivity (Wildman–Crippen MR) is 225 cm³/mol. The van der Waals surface area contributed by atoms with Crippen LogP contribution in [0.1, 0.15) is 0 Å². The Morgan fingerprint density at radius 3 is 1.70 bits per heavy atom. The summed E-state index contributed by atoms with van der Waals surface area (Å²) in [5, 5.41) is 4.53. The molecular formula is C51H34N2O. The molecule has 0 spiro atoms. The van der Waals surface area contributed by atoms with Crippen molar-refractivity contribution in [2.75, 3.05) is 4.90 Å². The third-order valence-corrected chi connectivity index (χ3v) is 10.3. The quantitative estimate of drug-likeness (QED) is 0.167. The van der Waals surface area contributed by atoms with E-state index >= 15 is 0 Å². The summed E-state index contributed by atoms with van der Waals surface area (Å²) in [6, 6.07) is 72.9. The number of hydrogen-bond donors (Lipinski definition) is 0. The highest BCUT2D eigenvalue weighted by Gasteiger charge is 2.21. The molecule has 0 aliphatic rings. The van der Waals surface area contributed by atoms with Crippen molar-refractivity contribution in [2.45, 2.75) is 0 Å². The van der Waals surface area contributed by atoms with E-state index in [1.54, 1.807) is 0 Å². The Morgan fingerprint density at radius 1 is 0.370 bits per heavy atom. The topological polar surface area (TPSA) is 29.3 Å². The highest BCUT2D eigenvalue weighted by atomic mass is 16.3. The summed E-state index contributed by atoms with van der Waals surface area (Å²) >= 11 is 0. The highest BCUT2D eigenvalue weighted by molar-refractivity contribution is 6.13. The minimum absolute atomic E-state index is 0.617. The summed E-state index contributed by atoms with van der Waals surface area (Å²) in [6.07, 6.45) is 0. The molecule has 3 nitrogen and oxygen atoms in total. The van der Waals surface area contributed by atoms with Crippen molar-refractivity contribution in [1.29, 1.82) is 0 Å². The first kappa shape index (κ1) is 31.5. The standard InChI is InChI=1S/C51H34N2O/c1-3-15-36(16-4-1)43-21-9-10-22-44(43)37-28-31-42(32-29-37)53(41-19-5-2-6-20-41)47-25-12-11-23-45(47)46-24-13-18-38-30-33-48-50(49(38)46)52-51(54-48)40-27-26-35-14-7-8-17-39(35)34-40/h1-34H. The molecule has 0 bridgehead atoms. The van der Waals surface area contributed by atoms with Crippen molar-refractivity contribution >= 4 is 49.7 Å². The van der Waals surface area contributed by atoms with Gasteiger partial charge in [-0.25, -0.2) is 4.98 Å². The van der Waals surface area contributed by atoms with Crippen molar-refractivity contribution in [3.05, 3.63) is 206 Å². The maximum Gasteiger partial charge on any atom is 0.227 e.